The zero-order valence-electron chi connectivity index (χ0n) is 10.9. The van der Waals surface area contributed by atoms with Gasteiger partial charge in [0.25, 0.3) is 0 Å². The number of benzene rings is 1. The predicted molar refractivity (Wildman–Crippen MR) is 74.6 cm³/mol. The van der Waals surface area contributed by atoms with Crippen LogP contribution < -0.4 is 10.1 Å². The van der Waals surface area contributed by atoms with Gasteiger partial charge in [-0.05, 0) is 31.0 Å². The highest BCUT2D eigenvalue weighted by atomic mass is 35.5. The number of rotatable bonds is 3. The molecule has 2 rings (SSSR count). The maximum absolute atomic E-state index is 6.30. The van der Waals surface area contributed by atoms with Gasteiger partial charge >= 0.3 is 0 Å². The number of anilines is 1. The Kier molecular flexibility index (Phi) is 3.48. The van der Waals surface area contributed by atoms with Gasteiger partial charge in [0.2, 0.25) is 0 Å². The van der Waals surface area contributed by atoms with E-state index in [0.717, 1.165) is 33.2 Å². The van der Waals surface area contributed by atoms with Crippen LogP contribution in [0.2, 0.25) is 5.02 Å². The smallest absolute Gasteiger partial charge is 0.200 e. The first-order chi connectivity index (χ1) is 8.58. The van der Waals surface area contributed by atoms with Crippen molar-refractivity contribution >= 4 is 17.5 Å². The van der Waals surface area contributed by atoms with Gasteiger partial charge in [-0.25, -0.2) is 4.98 Å². The van der Waals surface area contributed by atoms with Gasteiger partial charge in [0.1, 0.15) is 5.75 Å². The fourth-order valence-electron chi connectivity index (χ4n) is 1.99. The van der Waals surface area contributed by atoms with Crippen molar-refractivity contribution in [1.29, 1.82) is 0 Å². The first-order valence-corrected chi connectivity index (χ1v) is 6.03. The Morgan fingerprint density at radius 2 is 2.11 bits per heavy atom. The molecule has 2 aromatic rings. The van der Waals surface area contributed by atoms with E-state index in [4.69, 9.17) is 16.3 Å². The molecule has 0 radical (unpaired) electrons. The van der Waals surface area contributed by atoms with E-state index in [1.807, 2.05) is 27.0 Å². The molecule has 1 aromatic carbocycles. The average Bonchev–Trinajstić information content (AvgIpc) is 2.83. The number of nitrogens with zero attached hydrogens (tertiary/aromatic N) is 1. The van der Waals surface area contributed by atoms with Gasteiger partial charge < -0.3 is 15.0 Å². The molecular weight excluding hydrogens is 250 g/mol. The summed E-state index contributed by atoms with van der Waals surface area (Å²) in [5.41, 5.74) is 3.82. The van der Waals surface area contributed by atoms with E-state index in [0.29, 0.717) is 5.95 Å². The average molecular weight is 266 g/mol. The Morgan fingerprint density at radius 1 is 1.39 bits per heavy atom. The summed E-state index contributed by atoms with van der Waals surface area (Å²) in [4.78, 5) is 7.39. The molecule has 4 nitrogen and oxygen atoms in total. The van der Waals surface area contributed by atoms with E-state index in [1.54, 1.807) is 13.3 Å². The molecule has 0 aliphatic heterocycles. The quantitative estimate of drug-likeness (QED) is 0.894. The van der Waals surface area contributed by atoms with Crippen LogP contribution in [0.3, 0.4) is 0 Å². The van der Waals surface area contributed by atoms with Crippen molar-refractivity contribution in [3.05, 3.63) is 28.4 Å². The Hall–Kier alpha value is -1.68. The second-order valence-electron chi connectivity index (χ2n) is 4.11. The second kappa shape index (κ2) is 4.90. The fourth-order valence-corrected chi connectivity index (χ4v) is 2.14. The lowest BCUT2D eigenvalue weighted by atomic mass is 10.0. The first kappa shape index (κ1) is 12.8. The van der Waals surface area contributed by atoms with E-state index in [1.165, 1.54) is 0 Å². The SMILES string of the molecule is CNc1ncc(-c2c(OC)cc(C)c(Cl)c2C)[nH]1. The van der Waals surface area contributed by atoms with Gasteiger partial charge in [0.05, 0.1) is 19.0 Å². The van der Waals surface area contributed by atoms with E-state index in [2.05, 4.69) is 15.3 Å². The van der Waals surface area contributed by atoms with Gasteiger partial charge in [0.15, 0.2) is 5.95 Å². The minimum Gasteiger partial charge on any atom is -0.496 e. The number of aromatic nitrogens is 2. The van der Waals surface area contributed by atoms with Crippen LogP contribution in [0, 0.1) is 13.8 Å². The molecule has 0 fully saturated rings. The van der Waals surface area contributed by atoms with Crippen LogP contribution in [0.4, 0.5) is 5.95 Å². The summed E-state index contributed by atoms with van der Waals surface area (Å²) in [5, 5.41) is 3.72. The van der Waals surface area contributed by atoms with Crippen LogP contribution in [-0.4, -0.2) is 24.1 Å². The maximum atomic E-state index is 6.30. The van der Waals surface area contributed by atoms with Crippen molar-refractivity contribution in [3.8, 4) is 17.0 Å². The topological polar surface area (TPSA) is 49.9 Å². The Bertz CT molecular complexity index is 578. The number of imidazole rings is 1. The molecule has 0 unspecified atom stereocenters. The molecule has 0 atom stereocenters. The number of aromatic amines is 1. The summed E-state index contributed by atoms with van der Waals surface area (Å²) >= 11 is 6.30. The van der Waals surface area contributed by atoms with Crippen LogP contribution in [0.25, 0.3) is 11.3 Å². The molecule has 0 amide bonds. The number of halogens is 1. The van der Waals surface area contributed by atoms with Gasteiger partial charge in [-0.1, -0.05) is 11.6 Å². The van der Waals surface area contributed by atoms with E-state index in [-0.39, 0.29) is 0 Å². The summed E-state index contributed by atoms with van der Waals surface area (Å²) in [6.07, 6.45) is 1.77. The number of ether oxygens (including phenoxy) is 1. The highest BCUT2D eigenvalue weighted by Crippen LogP contribution is 2.38. The molecule has 0 aliphatic carbocycles. The predicted octanol–water partition coefficient (Wildman–Crippen LogP) is 3.40. The summed E-state index contributed by atoms with van der Waals surface area (Å²) in [5.74, 6) is 1.50. The molecule has 0 bridgehead atoms. The van der Waals surface area contributed by atoms with Crippen LogP contribution in [0.15, 0.2) is 12.3 Å². The highest BCUT2D eigenvalue weighted by molar-refractivity contribution is 6.32. The minimum atomic E-state index is 0.711. The van der Waals surface area contributed by atoms with Crippen LogP contribution >= 0.6 is 11.6 Å². The fraction of sp³-hybridized carbons (Fsp3) is 0.308. The standard InChI is InChI=1S/C13H16ClN3O/c1-7-5-10(18-4)11(8(2)12(7)14)9-6-16-13(15-3)17-9/h5-6H,1-4H3,(H2,15,16,17). The summed E-state index contributed by atoms with van der Waals surface area (Å²) < 4.78 is 5.43. The van der Waals surface area contributed by atoms with Crippen LogP contribution in [0.1, 0.15) is 11.1 Å². The van der Waals surface area contributed by atoms with E-state index < -0.39 is 0 Å². The number of nitrogens with one attached hydrogen (secondary N) is 2. The normalized spacial score (nSPS) is 10.5. The Labute approximate surface area is 111 Å². The number of hydrogen-bond donors (Lipinski definition) is 2. The molecule has 2 N–H and O–H groups in total. The molecule has 96 valence electrons. The lowest BCUT2D eigenvalue weighted by Gasteiger charge is -2.13. The van der Waals surface area contributed by atoms with Gasteiger partial charge in [-0.2, -0.15) is 0 Å². The monoisotopic (exact) mass is 265 g/mol. The van der Waals surface area contributed by atoms with Crippen molar-refractivity contribution in [2.45, 2.75) is 13.8 Å². The van der Waals surface area contributed by atoms with E-state index >= 15 is 0 Å². The number of H-pyrrole nitrogens is 1. The first-order valence-electron chi connectivity index (χ1n) is 5.65. The van der Waals surface area contributed by atoms with Gasteiger partial charge in [0, 0.05) is 17.6 Å². The molecule has 0 spiro atoms. The molecule has 18 heavy (non-hydrogen) atoms. The molecule has 0 aliphatic rings. The van der Waals surface area contributed by atoms with Gasteiger partial charge in [-0.15, -0.1) is 0 Å². The van der Waals surface area contributed by atoms with E-state index in [9.17, 15) is 0 Å². The summed E-state index contributed by atoms with van der Waals surface area (Å²) in [6, 6.07) is 1.94. The summed E-state index contributed by atoms with van der Waals surface area (Å²) in [6.45, 7) is 3.95. The third kappa shape index (κ3) is 2.04. The van der Waals surface area contributed by atoms with Crippen molar-refractivity contribution in [2.75, 3.05) is 19.5 Å². The second-order valence-corrected chi connectivity index (χ2v) is 4.48. The molecule has 5 heteroatoms. The largest absolute Gasteiger partial charge is 0.496 e. The van der Waals surface area contributed by atoms with Crippen molar-refractivity contribution in [1.82, 2.24) is 9.97 Å². The third-order valence-corrected chi connectivity index (χ3v) is 3.53. The third-order valence-electron chi connectivity index (χ3n) is 2.95. The number of hydrogen-bond acceptors (Lipinski definition) is 3. The molecule has 1 aromatic heterocycles. The molecule has 1 heterocycles. The molecule has 0 saturated carbocycles. The summed E-state index contributed by atoms with van der Waals surface area (Å²) in [7, 11) is 3.47. The lowest BCUT2D eigenvalue weighted by Crippen LogP contribution is -1.95. The number of aryl methyl sites for hydroxylation is 1. The van der Waals surface area contributed by atoms with Crippen LogP contribution in [-0.2, 0) is 0 Å². The lowest BCUT2D eigenvalue weighted by molar-refractivity contribution is 0.415. The zero-order valence-corrected chi connectivity index (χ0v) is 11.6. The highest BCUT2D eigenvalue weighted by Gasteiger charge is 2.16. The van der Waals surface area contributed by atoms with Crippen molar-refractivity contribution in [2.24, 2.45) is 0 Å². The molecule has 0 saturated heterocycles. The number of methoxy groups -OCH3 is 1. The Balaban J connectivity index is 2.65. The zero-order chi connectivity index (χ0) is 13.3. The van der Waals surface area contributed by atoms with Crippen molar-refractivity contribution < 1.29 is 4.74 Å². The minimum absolute atomic E-state index is 0.711. The Morgan fingerprint density at radius 3 is 2.67 bits per heavy atom. The van der Waals surface area contributed by atoms with Crippen molar-refractivity contribution in [3.63, 3.8) is 0 Å². The molecular formula is C13H16ClN3O. The van der Waals surface area contributed by atoms with Crippen LogP contribution in [0.5, 0.6) is 5.75 Å². The maximum Gasteiger partial charge on any atom is 0.200 e. The van der Waals surface area contributed by atoms with Gasteiger partial charge in [-0.3, -0.25) is 0 Å².